The molecule has 0 fully saturated rings. The maximum absolute atomic E-state index is 14.6. The lowest BCUT2D eigenvalue weighted by Gasteiger charge is -2.21. The van der Waals surface area contributed by atoms with Crippen molar-refractivity contribution in [2.75, 3.05) is 17.2 Å². The fourth-order valence-corrected chi connectivity index (χ4v) is 3.26. The van der Waals surface area contributed by atoms with Crippen LogP contribution in [-0.2, 0) is 7.05 Å². The first-order chi connectivity index (χ1) is 13.8. The number of nitrogens with two attached hydrogens (primary N) is 2. The maximum atomic E-state index is 14.6. The normalized spacial score (nSPS) is 12.3. The van der Waals surface area contributed by atoms with Gasteiger partial charge in [0, 0.05) is 25.0 Å². The standard InChI is InChI=1S/C20H26FN7O/c1-11(2)7-12(9-22)25-20-15(21)8-13(18(23)29)19(27-20)26-16-5-4-6-17-14(16)10-24-28(17)3/h4-6,8,10-12H,7,9,22H2,1-3H3,(H2,23,29)(H2,25,26,27). The summed E-state index contributed by atoms with van der Waals surface area (Å²) in [5.41, 5.74) is 12.8. The van der Waals surface area contributed by atoms with Crippen LogP contribution in [0.4, 0.5) is 21.7 Å². The molecule has 2 heterocycles. The van der Waals surface area contributed by atoms with Crippen LogP contribution >= 0.6 is 0 Å². The van der Waals surface area contributed by atoms with Crippen molar-refractivity contribution in [3.8, 4) is 0 Å². The van der Waals surface area contributed by atoms with Gasteiger partial charge in [0.2, 0.25) is 0 Å². The number of pyridine rings is 1. The van der Waals surface area contributed by atoms with Crippen molar-refractivity contribution in [3.05, 3.63) is 41.8 Å². The highest BCUT2D eigenvalue weighted by atomic mass is 19.1. The van der Waals surface area contributed by atoms with Crippen molar-refractivity contribution >= 4 is 34.1 Å². The molecule has 2 aromatic heterocycles. The molecule has 0 aliphatic carbocycles. The van der Waals surface area contributed by atoms with Gasteiger partial charge in [0.05, 0.1) is 23.0 Å². The Morgan fingerprint density at radius 1 is 1.31 bits per heavy atom. The average molecular weight is 399 g/mol. The molecule has 29 heavy (non-hydrogen) atoms. The third-order valence-electron chi connectivity index (χ3n) is 4.67. The van der Waals surface area contributed by atoms with Crippen LogP contribution < -0.4 is 22.1 Å². The van der Waals surface area contributed by atoms with Gasteiger partial charge in [-0.25, -0.2) is 9.37 Å². The Bertz CT molecular complexity index is 1030. The number of fused-ring (bicyclic) bond motifs is 1. The number of halogens is 1. The summed E-state index contributed by atoms with van der Waals surface area (Å²) in [5, 5.41) is 11.2. The number of nitrogens with zero attached hydrogens (tertiary/aromatic N) is 3. The van der Waals surface area contributed by atoms with Crippen molar-refractivity contribution in [2.24, 2.45) is 24.4 Å². The van der Waals surface area contributed by atoms with E-state index in [0.717, 1.165) is 23.4 Å². The van der Waals surface area contributed by atoms with Crippen LogP contribution in [0, 0.1) is 11.7 Å². The van der Waals surface area contributed by atoms with Crippen LogP contribution in [0.1, 0.15) is 30.6 Å². The largest absolute Gasteiger partial charge is 0.365 e. The predicted octanol–water partition coefficient (Wildman–Crippen LogP) is 2.74. The second-order valence-electron chi connectivity index (χ2n) is 7.42. The first-order valence-electron chi connectivity index (χ1n) is 9.44. The smallest absolute Gasteiger partial charge is 0.252 e. The highest BCUT2D eigenvalue weighted by Crippen LogP contribution is 2.29. The van der Waals surface area contributed by atoms with Gasteiger partial charge in [0.15, 0.2) is 11.6 Å². The SMILES string of the molecule is CC(C)CC(CN)Nc1nc(Nc2cccc3c2cnn3C)c(C(N)=O)cc1F. The van der Waals surface area contributed by atoms with E-state index in [9.17, 15) is 9.18 Å². The van der Waals surface area contributed by atoms with E-state index in [1.54, 1.807) is 10.9 Å². The first kappa shape index (κ1) is 20.5. The van der Waals surface area contributed by atoms with Crippen LogP contribution in [0.25, 0.3) is 10.9 Å². The zero-order valence-electron chi connectivity index (χ0n) is 16.7. The number of amides is 1. The summed E-state index contributed by atoms with van der Waals surface area (Å²) in [6, 6.07) is 6.55. The molecule has 0 aliphatic rings. The van der Waals surface area contributed by atoms with Gasteiger partial charge >= 0.3 is 0 Å². The van der Waals surface area contributed by atoms with Crippen molar-refractivity contribution in [2.45, 2.75) is 26.3 Å². The Hall–Kier alpha value is -3.20. The predicted molar refractivity (Wildman–Crippen MR) is 113 cm³/mol. The summed E-state index contributed by atoms with van der Waals surface area (Å²) in [4.78, 5) is 16.2. The summed E-state index contributed by atoms with van der Waals surface area (Å²) in [6.45, 7) is 4.45. The number of nitrogens with one attached hydrogen (secondary N) is 2. The Morgan fingerprint density at radius 3 is 2.72 bits per heavy atom. The second-order valence-corrected chi connectivity index (χ2v) is 7.42. The maximum Gasteiger partial charge on any atom is 0.252 e. The van der Waals surface area contributed by atoms with E-state index < -0.39 is 11.7 Å². The summed E-state index contributed by atoms with van der Waals surface area (Å²) < 4.78 is 16.3. The Kier molecular flexibility index (Phi) is 5.97. The molecule has 1 unspecified atom stereocenters. The molecular weight excluding hydrogens is 373 g/mol. The third-order valence-corrected chi connectivity index (χ3v) is 4.67. The molecule has 0 saturated heterocycles. The molecule has 3 aromatic rings. The number of carbonyl (C=O) groups excluding carboxylic acids is 1. The van der Waals surface area contributed by atoms with E-state index in [4.69, 9.17) is 11.5 Å². The van der Waals surface area contributed by atoms with Gasteiger partial charge in [-0.15, -0.1) is 0 Å². The molecule has 0 radical (unpaired) electrons. The summed E-state index contributed by atoms with van der Waals surface area (Å²) >= 11 is 0. The summed E-state index contributed by atoms with van der Waals surface area (Å²) in [5.74, 6) is -0.873. The van der Waals surface area contributed by atoms with Crippen LogP contribution in [0.15, 0.2) is 30.5 Å². The van der Waals surface area contributed by atoms with Crippen LogP contribution in [0.2, 0.25) is 0 Å². The van der Waals surface area contributed by atoms with E-state index >= 15 is 0 Å². The van der Waals surface area contributed by atoms with E-state index in [0.29, 0.717) is 18.2 Å². The highest BCUT2D eigenvalue weighted by Gasteiger charge is 2.19. The van der Waals surface area contributed by atoms with Crippen molar-refractivity contribution in [3.63, 3.8) is 0 Å². The van der Waals surface area contributed by atoms with E-state index in [-0.39, 0.29) is 23.2 Å². The number of carbonyl (C=O) groups is 1. The topological polar surface area (TPSA) is 124 Å². The minimum Gasteiger partial charge on any atom is -0.365 e. The number of aromatic nitrogens is 3. The lowest BCUT2D eigenvalue weighted by Crippen LogP contribution is -2.31. The van der Waals surface area contributed by atoms with E-state index in [1.807, 2.05) is 25.2 Å². The highest BCUT2D eigenvalue weighted by molar-refractivity contribution is 6.00. The van der Waals surface area contributed by atoms with Crippen LogP contribution in [0.3, 0.4) is 0 Å². The molecule has 0 bridgehead atoms. The van der Waals surface area contributed by atoms with Gasteiger partial charge in [-0.2, -0.15) is 5.10 Å². The van der Waals surface area contributed by atoms with E-state index in [1.165, 1.54) is 0 Å². The lowest BCUT2D eigenvalue weighted by molar-refractivity contribution is 0.100. The molecule has 154 valence electrons. The van der Waals surface area contributed by atoms with Crippen LogP contribution in [0.5, 0.6) is 0 Å². The summed E-state index contributed by atoms with van der Waals surface area (Å²) in [6.07, 6.45) is 2.46. The van der Waals surface area contributed by atoms with Gasteiger partial charge in [0.25, 0.3) is 5.91 Å². The van der Waals surface area contributed by atoms with Gasteiger partial charge in [-0.05, 0) is 30.5 Å². The second kappa shape index (κ2) is 8.44. The van der Waals surface area contributed by atoms with Gasteiger partial charge in [-0.3, -0.25) is 9.48 Å². The Labute approximate surface area is 168 Å². The van der Waals surface area contributed by atoms with E-state index in [2.05, 4.69) is 34.6 Å². The van der Waals surface area contributed by atoms with Gasteiger partial charge in [-0.1, -0.05) is 19.9 Å². The quantitative estimate of drug-likeness (QED) is 0.462. The van der Waals surface area contributed by atoms with Crippen molar-refractivity contribution < 1.29 is 9.18 Å². The minimum absolute atomic E-state index is 0.0203. The lowest BCUT2D eigenvalue weighted by atomic mass is 10.0. The third kappa shape index (κ3) is 4.45. The average Bonchev–Trinajstić information content (AvgIpc) is 3.05. The number of primary amides is 1. The summed E-state index contributed by atoms with van der Waals surface area (Å²) in [7, 11) is 1.83. The molecule has 6 N–H and O–H groups in total. The molecule has 3 rings (SSSR count). The van der Waals surface area contributed by atoms with Gasteiger partial charge in [0.1, 0.15) is 5.82 Å². The number of rotatable bonds is 8. The number of aryl methyl sites for hydroxylation is 1. The minimum atomic E-state index is -0.777. The zero-order valence-corrected chi connectivity index (χ0v) is 16.7. The molecule has 1 amide bonds. The molecule has 0 spiro atoms. The number of hydrogen-bond acceptors (Lipinski definition) is 6. The first-order valence-corrected chi connectivity index (χ1v) is 9.44. The number of anilines is 3. The molecule has 0 aliphatic heterocycles. The fourth-order valence-electron chi connectivity index (χ4n) is 3.26. The molecule has 1 atom stereocenters. The van der Waals surface area contributed by atoms with Crippen molar-refractivity contribution in [1.82, 2.24) is 14.8 Å². The molecule has 9 heteroatoms. The van der Waals surface area contributed by atoms with Crippen LogP contribution in [-0.4, -0.2) is 33.3 Å². The molecule has 0 saturated carbocycles. The Morgan fingerprint density at radius 2 is 2.07 bits per heavy atom. The number of benzene rings is 1. The Balaban J connectivity index is 2.01. The van der Waals surface area contributed by atoms with Gasteiger partial charge < -0.3 is 22.1 Å². The monoisotopic (exact) mass is 399 g/mol. The fraction of sp³-hybridized carbons (Fsp3) is 0.350. The zero-order chi connectivity index (χ0) is 21.1. The molecule has 1 aromatic carbocycles. The molecular formula is C20H26FN7O. The number of hydrogen-bond donors (Lipinski definition) is 4. The molecule has 8 nitrogen and oxygen atoms in total. The van der Waals surface area contributed by atoms with Crippen molar-refractivity contribution in [1.29, 1.82) is 0 Å².